The zero-order chi connectivity index (χ0) is 15.4. The molecule has 0 bridgehead atoms. The number of rotatable bonds is 6. The van der Waals surface area contributed by atoms with E-state index in [0.717, 1.165) is 28.3 Å². The fourth-order valence-corrected chi connectivity index (χ4v) is 2.67. The van der Waals surface area contributed by atoms with Crippen LogP contribution in [0.15, 0.2) is 24.3 Å². The molecule has 1 heterocycles. The molecule has 0 saturated carbocycles. The van der Waals surface area contributed by atoms with Gasteiger partial charge in [0.05, 0.1) is 26.0 Å². The molecule has 2 aromatic rings. The molecule has 0 amide bonds. The fourth-order valence-electron chi connectivity index (χ4n) is 2.67. The van der Waals surface area contributed by atoms with E-state index in [1.165, 1.54) is 0 Å². The molecule has 0 aliphatic rings. The highest BCUT2D eigenvalue weighted by molar-refractivity contribution is 5.40. The molecular formula is C16H23N3O2. The molecule has 21 heavy (non-hydrogen) atoms. The van der Waals surface area contributed by atoms with Crippen molar-refractivity contribution in [1.82, 2.24) is 9.78 Å². The summed E-state index contributed by atoms with van der Waals surface area (Å²) in [4.78, 5) is 0. The first kappa shape index (κ1) is 15.5. The molecule has 1 aromatic carbocycles. The van der Waals surface area contributed by atoms with Gasteiger partial charge in [0, 0.05) is 18.2 Å². The van der Waals surface area contributed by atoms with E-state index in [1.54, 1.807) is 7.11 Å². The van der Waals surface area contributed by atoms with Crippen LogP contribution in [0.25, 0.3) is 0 Å². The second-order valence-corrected chi connectivity index (χ2v) is 5.17. The number of aromatic nitrogens is 2. The van der Waals surface area contributed by atoms with Crippen molar-refractivity contribution in [2.75, 3.05) is 20.3 Å². The number of nitrogens with zero attached hydrogens (tertiary/aromatic N) is 2. The minimum absolute atomic E-state index is 0.0577. The molecule has 5 nitrogen and oxygen atoms in total. The quantitative estimate of drug-likeness (QED) is 0.847. The highest BCUT2D eigenvalue weighted by atomic mass is 16.5. The number of nitrogens with two attached hydrogens (primary N) is 1. The molecule has 3 N–H and O–H groups in total. The Balaban J connectivity index is 2.41. The maximum atomic E-state index is 9.18. The van der Waals surface area contributed by atoms with Crippen molar-refractivity contribution in [2.45, 2.75) is 26.3 Å². The van der Waals surface area contributed by atoms with Crippen LogP contribution >= 0.6 is 0 Å². The summed E-state index contributed by atoms with van der Waals surface area (Å²) in [7, 11) is 1.67. The number of ether oxygens (including phenoxy) is 1. The predicted molar refractivity (Wildman–Crippen MR) is 82.7 cm³/mol. The second kappa shape index (κ2) is 6.74. The SMILES string of the molecule is COc1ccc(C(CN)c2cc(C)nn2CCO)cc1C. The summed E-state index contributed by atoms with van der Waals surface area (Å²) in [6.45, 7) is 5.00. The molecule has 2 rings (SSSR count). The minimum Gasteiger partial charge on any atom is -0.496 e. The smallest absolute Gasteiger partial charge is 0.121 e. The second-order valence-electron chi connectivity index (χ2n) is 5.17. The Hall–Kier alpha value is -1.85. The molecule has 114 valence electrons. The highest BCUT2D eigenvalue weighted by Crippen LogP contribution is 2.28. The van der Waals surface area contributed by atoms with Crippen molar-refractivity contribution in [3.63, 3.8) is 0 Å². The van der Waals surface area contributed by atoms with Crippen LogP contribution in [0.2, 0.25) is 0 Å². The van der Waals surface area contributed by atoms with Crippen molar-refractivity contribution in [2.24, 2.45) is 5.73 Å². The number of hydrogen-bond donors (Lipinski definition) is 2. The summed E-state index contributed by atoms with van der Waals surface area (Å²) in [5, 5.41) is 13.6. The minimum atomic E-state index is 0.0577. The predicted octanol–water partition coefficient (Wildman–Crippen LogP) is 1.59. The van der Waals surface area contributed by atoms with Crippen molar-refractivity contribution in [3.05, 3.63) is 46.8 Å². The van der Waals surface area contributed by atoms with Gasteiger partial charge in [0.15, 0.2) is 0 Å². The average Bonchev–Trinajstić information content (AvgIpc) is 2.81. The Morgan fingerprint density at radius 3 is 2.67 bits per heavy atom. The Labute approximate surface area is 125 Å². The largest absolute Gasteiger partial charge is 0.496 e. The van der Waals surface area contributed by atoms with Crippen molar-refractivity contribution in [3.8, 4) is 5.75 Å². The molecule has 1 unspecified atom stereocenters. The van der Waals surface area contributed by atoms with Gasteiger partial charge in [0.2, 0.25) is 0 Å². The van der Waals surface area contributed by atoms with Crippen LogP contribution in [-0.2, 0) is 6.54 Å². The summed E-state index contributed by atoms with van der Waals surface area (Å²) < 4.78 is 7.14. The zero-order valence-corrected chi connectivity index (χ0v) is 12.8. The number of aryl methyl sites for hydroxylation is 2. The monoisotopic (exact) mass is 289 g/mol. The Kier molecular flexibility index (Phi) is 4.98. The van der Waals surface area contributed by atoms with Gasteiger partial charge in [0.1, 0.15) is 5.75 Å². The van der Waals surface area contributed by atoms with Gasteiger partial charge < -0.3 is 15.6 Å². The van der Waals surface area contributed by atoms with Gasteiger partial charge >= 0.3 is 0 Å². The van der Waals surface area contributed by atoms with Crippen LogP contribution in [0.4, 0.5) is 0 Å². The number of hydrogen-bond acceptors (Lipinski definition) is 4. The number of benzene rings is 1. The lowest BCUT2D eigenvalue weighted by atomic mass is 9.94. The van der Waals surface area contributed by atoms with Crippen LogP contribution in [0.1, 0.15) is 28.4 Å². The van der Waals surface area contributed by atoms with Crippen LogP contribution in [0.3, 0.4) is 0 Å². The van der Waals surface area contributed by atoms with Gasteiger partial charge in [-0.05, 0) is 37.1 Å². The van der Waals surface area contributed by atoms with E-state index in [9.17, 15) is 5.11 Å². The lowest BCUT2D eigenvalue weighted by Gasteiger charge is -2.18. The van der Waals surface area contributed by atoms with Crippen LogP contribution < -0.4 is 10.5 Å². The molecule has 5 heteroatoms. The summed E-state index contributed by atoms with van der Waals surface area (Å²) >= 11 is 0. The maximum absolute atomic E-state index is 9.18. The first-order valence-corrected chi connectivity index (χ1v) is 7.10. The number of methoxy groups -OCH3 is 1. The highest BCUT2D eigenvalue weighted by Gasteiger charge is 2.19. The van der Waals surface area contributed by atoms with Gasteiger partial charge in [-0.2, -0.15) is 5.10 Å². The van der Waals surface area contributed by atoms with Crippen molar-refractivity contribution < 1.29 is 9.84 Å². The zero-order valence-electron chi connectivity index (χ0n) is 12.8. The summed E-state index contributed by atoms with van der Waals surface area (Å²) in [5.74, 6) is 0.928. The maximum Gasteiger partial charge on any atom is 0.121 e. The fraction of sp³-hybridized carbons (Fsp3) is 0.438. The number of aliphatic hydroxyl groups is 1. The molecule has 0 saturated heterocycles. The first-order chi connectivity index (χ1) is 10.1. The van der Waals surface area contributed by atoms with E-state index < -0.39 is 0 Å². The Morgan fingerprint density at radius 1 is 1.33 bits per heavy atom. The molecule has 0 aliphatic heterocycles. The molecule has 0 fully saturated rings. The lowest BCUT2D eigenvalue weighted by Crippen LogP contribution is -2.19. The van der Waals surface area contributed by atoms with E-state index in [-0.39, 0.29) is 12.5 Å². The molecule has 0 radical (unpaired) electrons. The standard InChI is InChI=1S/C16H23N3O2/c1-11-8-13(4-5-16(11)21-3)14(10-17)15-9-12(2)18-19(15)6-7-20/h4-5,8-9,14,20H,6-7,10,17H2,1-3H3. The topological polar surface area (TPSA) is 73.3 Å². The van der Waals surface area contributed by atoms with Crippen LogP contribution in [0, 0.1) is 13.8 Å². The van der Waals surface area contributed by atoms with E-state index in [2.05, 4.69) is 11.2 Å². The van der Waals surface area contributed by atoms with Gasteiger partial charge in [-0.1, -0.05) is 12.1 Å². The van der Waals surface area contributed by atoms with Gasteiger partial charge in [0.25, 0.3) is 0 Å². The summed E-state index contributed by atoms with van der Waals surface area (Å²) in [5.41, 5.74) is 10.2. The molecular weight excluding hydrogens is 266 g/mol. The summed E-state index contributed by atoms with van der Waals surface area (Å²) in [6.07, 6.45) is 0. The van der Waals surface area contributed by atoms with Gasteiger partial charge in [-0.25, -0.2) is 0 Å². The Morgan fingerprint density at radius 2 is 2.10 bits per heavy atom. The van der Waals surface area contributed by atoms with Gasteiger partial charge in [-0.15, -0.1) is 0 Å². The van der Waals surface area contributed by atoms with E-state index in [1.807, 2.05) is 36.7 Å². The number of aliphatic hydroxyl groups excluding tert-OH is 1. The summed E-state index contributed by atoms with van der Waals surface area (Å²) in [6, 6.07) is 8.14. The Bertz CT molecular complexity index is 608. The van der Waals surface area contributed by atoms with Crippen molar-refractivity contribution >= 4 is 0 Å². The third kappa shape index (κ3) is 3.25. The molecule has 0 spiro atoms. The van der Waals surface area contributed by atoms with Crippen molar-refractivity contribution in [1.29, 1.82) is 0 Å². The normalized spacial score (nSPS) is 12.4. The lowest BCUT2D eigenvalue weighted by molar-refractivity contribution is 0.266. The molecule has 1 aromatic heterocycles. The van der Waals surface area contributed by atoms with Crippen LogP contribution in [0.5, 0.6) is 5.75 Å². The van der Waals surface area contributed by atoms with E-state index in [0.29, 0.717) is 13.1 Å². The van der Waals surface area contributed by atoms with E-state index >= 15 is 0 Å². The third-order valence-electron chi connectivity index (χ3n) is 3.66. The first-order valence-electron chi connectivity index (χ1n) is 7.10. The average molecular weight is 289 g/mol. The third-order valence-corrected chi connectivity index (χ3v) is 3.66. The van der Waals surface area contributed by atoms with Crippen LogP contribution in [-0.4, -0.2) is 35.1 Å². The van der Waals surface area contributed by atoms with Gasteiger partial charge in [-0.3, -0.25) is 4.68 Å². The molecule has 1 atom stereocenters. The molecule has 0 aliphatic carbocycles. The van der Waals surface area contributed by atoms with E-state index in [4.69, 9.17) is 10.5 Å².